The van der Waals surface area contributed by atoms with Crippen LogP contribution in [0.1, 0.15) is 56.8 Å². The summed E-state index contributed by atoms with van der Waals surface area (Å²) in [6, 6.07) is 6.85. The van der Waals surface area contributed by atoms with Gasteiger partial charge in [0.25, 0.3) is 5.91 Å². The third kappa shape index (κ3) is 4.81. The maximum atomic E-state index is 12.6. The predicted octanol–water partition coefficient (Wildman–Crippen LogP) is 3.01. The van der Waals surface area contributed by atoms with Crippen LogP contribution >= 0.6 is 0 Å². The fourth-order valence-electron chi connectivity index (χ4n) is 3.11. The minimum absolute atomic E-state index is 0.0663. The van der Waals surface area contributed by atoms with Gasteiger partial charge in [0.1, 0.15) is 0 Å². The van der Waals surface area contributed by atoms with E-state index in [1.54, 1.807) is 24.3 Å². The van der Waals surface area contributed by atoms with E-state index in [-0.39, 0.29) is 11.8 Å². The smallest absolute Gasteiger partial charge is 0.254 e. The van der Waals surface area contributed by atoms with Gasteiger partial charge in [-0.2, -0.15) is 0 Å². The molecular weight excluding hydrogens is 302 g/mol. The number of nitrogens with two attached hydrogens (primary N) is 1. The number of benzene rings is 1. The molecule has 1 fully saturated rings. The minimum Gasteiger partial charge on any atom is -0.336 e. The number of amides is 2. The lowest BCUT2D eigenvalue weighted by atomic mass is 10.0. The topological polar surface area (TPSA) is 75.4 Å². The molecule has 1 aliphatic rings. The highest BCUT2D eigenvalue weighted by molar-refractivity contribution is 5.97. The van der Waals surface area contributed by atoms with E-state index in [0.29, 0.717) is 29.6 Å². The Balaban J connectivity index is 1.97. The molecule has 5 nitrogen and oxygen atoms in total. The van der Waals surface area contributed by atoms with Crippen LogP contribution in [0, 0.1) is 5.92 Å². The fourth-order valence-corrected chi connectivity index (χ4v) is 3.11. The van der Waals surface area contributed by atoms with E-state index in [9.17, 15) is 9.59 Å². The van der Waals surface area contributed by atoms with Crippen molar-refractivity contribution >= 4 is 17.5 Å². The molecule has 0 spiro atoms. The molecule has 1 heterocycles. The molecule has 2 amide bonds. The first kappa shape index (κ1) is 18.5. The number of likely N-dealkylation sites (tertiary alicyclic amines) is 1. The molecule has 2 rings (SSSR count). The van der Waals surface area contributed by atoms with Crippen LogP contribution in [-0.2, 0) is 4.79 Å². The van der Waals surface area contributed by atoms with Crippen molar-refractivity contribution < 1.29 is 9.59 Å². The molecule has 5 heteroatoms. The highest BCUT2D eigenvalue weighted by Crippen LogP contribution is 2.20. The maximum absolute atomic E-state index is 12.6. The van der Waals surface area contributed by atoms with E-state index in [1.165, 1.54) is 6.42 Å². The van der Waals surface area contributed by atoms with Gasteiger partial charge in [-0.05, 0) is 62.8 Å². The Bertz CT molecular complexity index is 568. The van der Waals surface area contributed by atoms with Crippen LogP contribution < -0.4 is 11.1 Å². The van der Waals surface area contributed by atoms with Crippen LogP contribution in [-0.4, -0.2) is 35.3 Å². The largest absolute Gasteiger partial charge is 0.336 e. The van der Waals surface area contributed by atoms with Crippen molar-refractivity contribution in [1.82, 2.24) is 4.90 Å². The van der Waals surface area contributed by atoms with Crippen LogP contribution in [0.5, 0.6) is 0 Å². The fraction of sp³-hybridized carbons (Fsp3) is 0.579. The van der Waals surface area contributed by atoms with E-state index in [4.69, 9.17) is 5.73 Å². The zero-order chi connectivity index (χ0) is 17.7. The summed E-state index contributed by atoms with van der Waals surface area (Å²) in [6.45, 7) is 6.99. The van der Waals surface area contributed by atoms with E-state index < -0.39 is 6.04 Å². The van der Waals surface area contributed by atoms with Crippen molar-refractivity contribution in [2.75, 3.05) is 11.9 Å². The Morgan fingerprint density at radius 1 is 1.25 bits per heavy atom. The van der Waals surface area contributed by atoms with Crippen LogP contribution in [0.25, 0.3) is 0 Å². The minimum atomic E-state index is -0.513. The number of piperidine rings is 1. The summed E-state index contributed by atoms with van der Waals surface area (Å²) in [6.07, 6.45) is 3.97. The molecule has 0 aromatic heterocycles. The van der Waals surface area contributed by atoms with Gasteiger partial charge in [0.15, 0.2) is 0 Å². The summed E-state index contributed by atoms with van der Waals surface area (Å²) >= 11 is 0. The molecule has 1 saturated heterocycles. The Morgan fingerprint density at radius 3 is 2.50 bits per heavy atom. The average molecular weight is 331 g/mol. The van der Waals surface area contributed by atoms with Crippen LogP contribution in [0.3, 0.4) is 0 Å². The number of nitrogens with zero attached hydrogens (tertiary/aromatic N) is 1. The van der Waals surface area contributed by atoms with E-state index >= 15 is 0 Å². The molecule has 1 unspecified atom stereocenters. The molecular formula is C19H29N3O2. The Kier molecular flexibility index (Phi) is 6.37. The standard InChI is InChI=1S/C19H29N3O2/c1-13(2)12-17(20)18(23)21-16-9-7-15(8-10-16)19(24)22-11-5-4-6-14(22)3/h7-10,13-14,17H,4-6,11-12,20H2,1-3H3,(H,21,23)/t14?,17-/m0/s1. The van der Waals surface area contributed by atoms with Crippen molar-refractivity contribution in [3.8, 4) is 0 Å². The molecule has 2 atom stereocenters. The van der Waals surface area contributed by atoms with Crippen molar-refractivity contribution in [3.63, 3.8) is 0 Å². The second-order valence-corrected chi connectivity index (χ2v) is 7.15. The Morgan fingerprint density at radius 2 is 1.92 bits per heavy atom. The summed E-state index contributed by atoms with van der Waals surface area (Å²) in [4.78, 5) is 26.6. The molecule has 1 aromatic carbocycles. The van der Waals surface area contributed by atoms with Crippen LogP contribution in [0.4, 0.5) is 5.69 Å². The van der Waals surface area contributed by atoms with Gasteiger partial charge in [-0.3, -0.25) is 9.59 Å². The zero-order valence-electron chi connectivity index (χ0n) is 14.9. The van der Waals surface area contributed by atoms with Gasteiger partial charge < -0.3 is 16.0 Å². The second kappa shape index (κ2) is 8.29. The number of nitrogens with one attached hydrogen (secondary N) is 1. The molecule has 132 valence electrons. The summed E-state index contributed by atoms with van der Waals surface area (Å²) in [7, 11) is 0. The zero-order valence-corrected chi connectivity index (χ0v) is 14.9. The van der Waals surface area contributed by atoms with Gasteiger partial charge in [-0.15, -0.1) is 0 Å². The average Bonchev–Trinajstić information content (AvgIpc) is 2.54. The first-order valence-electron chi connectivity index (χ1n) is 8.86. The number of carbonyl (C=O) groups is 2. The van der Waals surface area contributed by atoms with E-state index in [1.807, 2.05) is 18.7 Å². The Hall–Kier alpha value is -1.88. The Labute approximate surface area is 144 Å². The summed E-state index contributed by atoms with van der Waals surface area (Å²) in [5, 5.41) is 2.81. The van der Waals surface area contributed by atoms with Gasteiger partial charge in [0.05, 0.1) is 6.04 Å². The SMILES string of the molecule is CC(C)C[C@H](N)C(=O)Nc1ccc(C(=O)N2CCCCC2C)cc1. The number of hydrogen-bond acceptors (Lipinski definition) is 3. The predicted molar refractivity (Wildman–Crippen MR) is 96.9 cm³/mol. The van der Waals surface area contributed by atoms with Crippen molar-refractivity contribution in [2.24, 2.45) is 11.7 Å². The van der Waals surface area contributed by atoms with Crippen LogP contribution in [0.2, 0.25) is 0 Å². The highest BCUT2D eigenvalue weighted by atomic mass is 16.2. The monoisotopic (exact) mass is 331 g/mol. The van der Waals surface area contributed by atoms with Gasteiger partial charge in [0, 0.05) is 23.8 Å². The van der Waals surface area contributed by atoms with Crippen molar-refractivity contribution in [1.29, 1.82) is 0 Å². The molecule has 3 N–H and O–H groups in total. The summed E-state index contributed by atoms with van der Waals surface area (Å²) < 4.78 is 0. The maximum Gasteiger partial charge on any atom is 0.254 e. The number of carbonyl (C=O) groups excluding carboxylic acids is 2. The van der Waals surface area contributed by atoms with Crippen LogP contribution in [0.15, 0.2) is 24.3 Å². The molecule has 1 aromatic rings. The van der Waals surface area contributed by atoms with E-state index in [2.05, 4.69) is 12.2 Å². The summed E-state index contributed by atoms with van der Waals surface area (Å²) in [5.74, 6) is 0.251. The van der Waals surface area contributed by atoms with E-state index in [0.717, 1.165) is 19.4 Å². The lowest BCUT2D eigenvalue weighted by molar-refractivity contribution is -0.117. The molecule has 24 heavy (non-hydrogen) atoms. The normalized spacial score (nSPS) is 19.2. The van der Waals surface area contributed by atoms with Crippen molar-refractivity contribution in [2.45, 2.75) is 58.5 Å². The number of hydrogen-bond donors (Lipinski definition) is 2. The lowest BCUT2D eigenvalue weighted by Gasteiger charge is -2.33. The summed E-state index contributed by atoms with van der Waals surface area (Å²) in [5.41, 5.74) is 7.21. The molecule has 0 radical (unpaired) electrons. The second-order valence-electron chi connectivity index (χ2n) is 7.15. The molecule has 0 saturated carbocycles. The lowest BCUT2D eigenvalue weighted by Crippen LogP contribution is -2.42. The molecule has 1 aliphatic heterocycles. The first-order chi connectivity index (χ1) is 11.4. The van der Waals surface area contributed by atoms with Gasteiger partial charge in [-0.1, -0.05) is 13.8 Å². The van der Waals surface area contributed by atoms with Gasteiger partial charge >= 0.3 is 0 Å². The first-order valence-corrected chi connectivity index (χ1v) is 8.86. The third-order valence-electron chi connectivity index (χ3n) is 4.53. The third-order valence-corrected chi connectivity index (χ3v) is 4.53. The van der Waals surface area contributed by atoms with Gasteiger partial charge in [0.2, 0.25) is 5.91 Å². The number of rotatable bonds is 5. The molecule has 0 bridgehead atoms. The van der Waals surface area contributed by atoms with Gasteiger partial charge in [-0.25, -0.2) is 0 Å². The highest BCUT2D eigenvalue weighted by Gasteiger charge is 2.24. The molecule has 0 aliphatic carbocycles. The van der Waals surface area contributed by atoms with Crippen molar-refractivity contribution in [3.05, 3.63) is 29.8 Å². The quantitative estimate of drug-likeness (QED) is 0.871. The number of anilines is 1.